The van der Waals surface area contributed by atoms with Gasteiger partial charge in [0.1, 0.15) is 0 Å². The molecular formula is C10H12OS. The predicted octanol–water partition coefficient (Wildman–Crippen LogP) is 3.29. The highest BCUT2D eigenvalue weighted by Gasteiger charge is 2.00. The lowest BCUT2D eigenvalue weighted by Crippen LogP contribution is -1.66. The largest absolute Gasteiger partial charge is 0.297 e. The van der Waals surface area contributed by atoms with Crippen LogP contribution in [0.4, 0.5) is 0 Å². The van der Waals surface area contributed by atoms with Crippen molar-refractivity contribution in [3.8, 4) is 0 Å². The van der Waals surface area contributed by atoms with Gasteiger partial charge in [-0.1, -0.05) is 13.0 Å². The first-order valence-corrected chi connectivity index (χ1v) is 4.81. The number of carbonyl (C=O) groups excluding carboxylic acids is 1. The van der Waals surface area contributed by atoms with Crippen LogP contribution in [-0.2, 0) is 0 Å². The maximum atomic E-state index is 10.4. The zero-order chi connectivity index (χ0) is 8.97. The van der Waals surface area contributed by atoms with Gasteiger partial charge in [-0.25, -0.2) is 0 Å². The Morgan fingerprint density at radius 3 is 2.83 bits per heavy atom. The minimum Gasteiger partial charge on any atom is -0.297 e. The Kier molecular flexibility index (Phi) is 3.23. The molecule has 0 N–H and O–H groups in total. The molecular weight excluding hydrogens is 168 g/mol. The molecule has 0 unspecified atom stereocenters. The number of allylic oxidation sites excluding steroid dienone is 1. The van der Waals surface area contributed by atoms with E-state index in [-0.39, 0.29) is 0 Å². The van der Waals surface area contributed by atoms with Gasteiger partial charge >= 0.3 is 0 Å². The van der Waals surface area contributed by atoms with Gasteiger partial charge in [-0.15, -0.1) is 11.3 Å². The van der Waals surface area contributed by atoms with Crippen LogP contribution in [0.25, 0.3) is 6.08 Å². The summed E-state index contributed by atoms with van der Waals surface area (Å²) in [5.74, 6) is 0. The molecule has 1 rings (SSSR count). The second kappa shape index (κ2) is 4.21. The molecule has 1 heterocycles. The molecule has 0 aromatic carbocycles. The average molecular weight is 180 g/mol. The number of hydrogen-bond acceptors (Lipinski definition) is 2. The van der Waals surface area contributed by atoms with Gasteiger partial charge in [-0.05, 0) is 31.1 Å². The van der Waals surface area contributed by atoms with Crippen LogP contribution >= 0.6 is 11.3 Å². The molecule has 2 heteroatoms. The number of rotatable bonds is 3. The summed E-state index contributed by atoms with van der Waals surface area (Å²) in [5, 5.41) is 0. The van der Waals surface area contributed by atoms with Gasteiger partial charge < -0.3 is 0 Å². The second-order valence-electron chi connectivity index (χ2n) is 2.62. The molecule has 1 aromatic rings. The highest BCUT2D eigenvalue weighted by molar-refractivity contribution is 7.14. The van der Waals surface area contributed by atoms with E-state index in [0.29, 0.717) is 0 Å². The number of thiophene rings is 1. The topological polar surface area (TPSA) is 17.1 Å². The van der Waals surface area contributed by atoms with Gasteiger partial charge in [0.05, 0.1) is 4.88 Å². The summed E-state index contributed by atoms with van der Waals surface area (Å²) in [7, 11) is 0. The van der Waals surface area contributed by atoms with Crippen LogP contribution in [0.15, 0.2) is 12.1 Å². The summed E-state index contributed by atoms with van der Waals surface area (Å²) >= 11 is 1.54. The lowest BCUT2D eigenvalue weighted by molar-refractivity contribution is 0.112. The van der Waals surface area contributed by atoms with Crippen LogP contribution in [0, 0.1) is 6.92 Å². The average Bonchev–Trinajstić information content (AvgIpc) is 2.43. The smallest absolute Gasteiger partial charge is 0.160 e. The van der Waals surface area contributed by atoms with Gasteiger partial charge in [0.2, 0.25) is 0 Å². The summed E-state index contributed by atoms with van der Waals surface area (Å²) in [6, 6.07) is 1.92. The van der Waals surface area contributed by atoms with Crippen molar-refractivity contribution in [2.24, 2.45) is 0 Å². The number of hydrogen-bond donors (Lipinski definition) is 0. The van der Waals surface area contributed by atoms with Crippen molar-refractivity contribution in [2.45, 2.75) is 20.3 Å². The van der Waals surface area contributed by atoms with E-state index in [2.05, 4.69) is 19.1 Å². The lowest BCUT2D eigenvalue weighted by Gasteiger charge is -1.86. The zero-order valence-electron chi connectivity index (χ0n) is 7.33. The molecule has 0 aliphatic rings. The van der Waals surface area contributed by atoms with Crippen LogP contribution in [0.2, 0.25) is 0 Å². The minimum atomic E-state index is 0.809. The molecule has 0 bridgehead atoms. The van der Waals surface area contributed by atoms with Crippen molar-refractivity contribution in [3.05, 3.63) is 27.5 Å². The van der Waals surface area contributed by atoms with Gasteiger partial charge in [0.15, 0.2) is 6.29 Å². The summed E-state index contributed by atoms with van der Waals surface area (Å²) in [6.07, 6.45) is 6.12. The maximum Gasteiger partial charge on any atom is 0.160 e. The first kappa shape index (κ1) is 9.20. The van der Waals surface area contributed by atoms with E-state index < -0.39 is 0 Å². The fraction of sp³-hybridized carbons (Fsp3) is 0.300. The van der Waals surface area contributed by atoms with E-state index in [4.69, 9.17) is 0 Å². The molecule has 0 atom stereocenters. The fourth-order valence-electron chi connectivity index (χ4n) is 0.970. The normalized spacial score (nSPS) is 10.8. The van der Waals surface area contributed by atoms with Crippen molar-refractivity contribution in [1.82, 2.24) is 0 Å². The molecule has 12 heavy (non-hydrogen) atoms. The van der Waals surface area contributed by atoms with E-state index in [9.17, 15) is 4.79 Å². The number of carbonyl (C=O) groups is 1. The quantitative estimate of drug-likeness (QED) is 0.652. The predicted molar refractivity (Wildman–Crippen MR) is 53.8 cm³/mol. The SMILES string of the molecule is CC/C=C\c1sc(C=O)cc1C. The van der Waals surface area contributed by atoms with Crippen molar-refractivity contribution >= 4 is 23.7 Å². The van der Waals surface area contributed by atoms with Crippen molar-refractivity contribution in [2.75, 3.05) is 0 Å². The highest BCUT2D eigenvalue weighted by Crippen LogP contribution is 2.21. The monoisotopic (exact) mass is 180 g/mol. The van der Waals surface area contributed by atoms with E-state index in [0.717, 1.165) is 17.6 Å². The maximum absolute atomic E-state index is 10.4. The van der Waals surface area contributed by atoms with Gasteiger partial charge in [0, 0.05) is 4.88 Å². The van der Waals surface area contributed by atoms with E-state index in [1.807, 2.05) is 13.0 Å². The van der Waals surface area contributed by atoms with E-state index in [1.165, 1.54) is 10.4 Å². The number of aldehydes is 1. The van der Waals surface area contributed by atoms with Crippen LogP contribution in [0.1, 0.15) is 33.5 Å². The Bertz CT molecular complexity index is 297. The molecule has 0 radical (unpaired) electrons. The lowest BCUT2D eigenvalue weighted by atomic mass is 10.2. The van der Waals surface area contributed by atoms with Crippen molar-refractivity contribution in [1.29, 1.82) is 0 Å². The van der Waals surface area contributed by atoms with Gasteiger partial charge in [0.25, 0.3) is 0 Å². The molecule has 0 aliphatic carbocycles. The Morgan fingerprint density at radius 1 is 1.58 bits per heavy atom. The van der Waals surface area contributed by atoms with Crippen LogP contribution in [-0.4, -0.2) is 6.29 Å². The third-order valence-electron chi connectivity index (χ3n) is 1.60. The van der Waals surface area contributed by atoms with Crippen LogP contribution in [0.5, 0.6) is 0 Å². The molecule has 64 valence electrons. The standard InChI is InChI=1S/C10H12OS/c1-3-4-5-10-8(2)6-9(7-11)12-10/h4-7H,3H2,1-2H3/b5-4-. The Labute approximate surface area is 76.7 Å². The van der Waals surface area contributed by atoms with E-state index in [1.54, 1.807) is 11.3 Å². The molecule has 0 fully saturated rings. The molecule has 0 saturated carbocycles. The summed E-state index contributed by atoms with van der Waals surface area (Å²) in [6.45, 7) is 4.12. The molecule has 0 saturated heterocycles. The summed E-state index contributed by atoms with van der Waals surface area (Å²) in [5.41, 5.74) is 1.19. The fourth-order valence-corrected chi connectivity index (χ4v) is 1.89. The molecule has 0 spiro atoms. The Balaban J connectivity index is 2.91. The first-order chi connectivity index (χ1) is 5.77. The Hall–Kier alpha value is -0.890. The molecule has 0 aliphatic heterocycles. The van der Waals surface area contributed by atoms with Crippen LogP contribution in [0.3, 0.4) is 0 Å². The molecule has 0 amide bonds. The second-order valence-corrected chi connectivity index (χ2v) is 3.74. The summed E-state index contributed by atoms with van der Waals surface area (Å²) < 4.78 is 0. The van der Waals surface area contributed by atoms with Crippen molar-refractivity contribution < 1.29 is 4.79 Å². The molecule has 1 nitrogen and oxygen atoms in total. The highest BCUT2D eigenvalue weighted by atomic mass is 32.1. The molecule has 1 aromatic heterocycles. The van der Waals surface area contributed by atoms with E-state index >= 15 is 0 Å². The first-order valence-electron chi connectivity index (χ1n) is 4.00. The van der Waals surface area contributed by atoms with Gasteiger partial charge in [-0.3, -0.25) is 4.79 Å². The summed E-state index contributed by atoms with van der Waals surface area (Å²) in [4.78, 5) is 12.4. The van der Waals surface area contributed by atoms with Crippen molar-refractivity contribution in [3.63, 3.8) is 0 Å². The minimum absolute atomic E-state index is 0.809. The third-order valence-corrected chi connectivity index (χ3v) is 2.72. The van der Waals surface area contributed by atoms with Crippen LogP contribution < -0.4 is 0 Å². The Morgan fingerprint density at radius 2 is 2.33 bits per heavy atom. The van der Waals surface area contributed by atoms with Gasteiger partial charge in [-0.2, -0.15) is 0 Å². The third kappa shape index (κ3) is 2.05. The zero-order valence-corrected chi connectivity index (χ0v) is 8.15. The number of aryl methyl sites for hydroxylation is 1.